The Balaban J connectivity index is 1.71. The number of hydrogen-bond acceptors (Lipinski definition) is 5. The molecule has 0 fully saturated rings. The van der Waals surface area contributed by atoms with Gasteiger partial charge in [-0.25, -0.2) is 0 Å². The number of ether oxygens (including phenoxy) is 1. The van der Waals surface area contributed by atoms with Gasteiger partial charge >= 0.3 is 0 Å². The third kappa shape index (κ3) is 3.44. The zero-order valence-corrected chi connectivity index (χ0v) is 15.4. The second-order valence-corrected chi connectivity index (χ2v) is 6.52. The highest BCUT2D eigenvalue weighted by Gasteiger charge is 2.30. The summed E-state index contributed by atoms with van der Waals surface area (Å²) in [5.41, 5.74) is 4.04. The minimum Gasteiger partial charge on any atom is -0.497 e. The Morgan fingerprint density at radius 2 is 1.68 bits per heavy atom. The molecule has 3 aromatic rings. The molecule has 0 amide bonds. The molecule has 0 aromatic heterocycles. The summed E-state index contributed by atoms with van der Waals surface area (Å²) in [4.78, 5) is 10.6. The lowest BCUT2D eigenvalue weighted by Crippen LogP contribution is -2.18. The van der Waals surface area contributed by atoms with Gasteiger partial charge in [0.15, 0.2) is 0 Å². The molecule has 140 valence electrons. The van der Waals surface area contributed by atoms with Crippen molar-refractivity contribution in [3.05, 3.63) is 100 Å². The minimum absolute atomic E-state index is 0.0276. The van der Waals surface area contributed by atoms with E-state index in [0.29, 0.717) is 0 Å². The van der Waals surface area contributed by atoms with Gasteiger partial charge < -0.3 is 4.74 Å². The summed E-state index contributed by atoms with van der Waals surface area (Å²) < 4.78 is 5.24. The Bertz CT molecular complexity index is 999. The van der Waals surface area contributed by atoms with Gasteiger partial charge in [0.25, 0.3) is 5.69 Å². The molecule has 1 atom stereocenters. The topological polar surface area (TPSA) is 68.0 Å². The SMILES string of the molecule is COc1ccc(C2=NN(c3ccc([N+](=O)[O-])cc3)[C@H](c3ccccc3)C2)cc1. The summed E-state index contributed by atoms with van der Waals surface area (Å²) in [7, 11) is 1.64. The average Bonchev–Trinajstić information content (AvgIpc) is 3.20. The van der Waals surface area contributed by atoms with E-state index in [9.17, 15) is 10.1 Å². The predicted molar refractivity (Wildman–Crippen MR) is 109 cm³/mol. The molecule has 0 spiro atoms. The second kappa shape index (κ2) is 7.52. The van der Waals surface area contributed by atoms with Gasteiger partial charge in [-0.15, -0.1) is 0 Å². The number of anilines is 1. The zero-order chi connectivity index (χ0) is 19.5. The summed E-state index contributed by atoms with van der Waals surface area (Å²) >= 11 is 0. The van der Waals surface area contributed by atoms with Gasteiger partial charge in [0.05, 0.1) is 29.5 Å². The normalized spacial score (nSPS) is 16.0. The van der Waals surface area contributed by atoms with Crippen LogP contribution < -0.4 is 9.75 Å². The molecular weight excluding hydrogens is 354 g/mol. The number of hydrazone groups is 1. The molecule has 1 aliphatic rings. The van der Waals surface area contributed by atoms with Crippen LogP contribution in [0.25, 0.3) is 0 Å². The minimum atomic E-state index is -0.394. The molecule has 1 aliphatic heterocycles. The Labute approximate surface area is 162 Å². The summed E-state index contributed by atoms with van der Waals surface area (Å²) in [5.74, 6) is 0.800. The number of nitro benzene ring substituents is 1. The molecule has 0 N–H and O–H groups in total. The van der Waals surface area contributed by atoms with Crippen molar-refractivity contribution in [1.82, 2.24) is 0 Å². The van der Waals surface area contributed by atoms with Gasteiger partial charge in [-0.05, 0) is 47.5 Å². The van der Waals surface area contributed by atoms with Gasteiger partial charge in [0.1, 0.15) is 5.75 Å². The molecule has 3 aromatic carbocycles. The van der Waals surface area contributed by atoms with Gasteiger partial charge in [-0.3, -0.25) is 15.1 Å². The number of methoxy groups -OCH3 is 1. The van der Waals surface area contributed by atoms with Crippen molar-refractivity contribution < 1.29 is 9.66 Å². The van der Waals surface area contributed by atoms with Crippen LogP contribution in [0.2, 0.25) is 0 Å². The van der Waals surface area contributed by atoms with Crippen LogP contribution in [0, 0.1) is 10.1 Å². The Morgan fingerprint density at radius 1 is 1.00 bits per heavy atom. The third-order valence-electron chi connectivity index (χ3n) is 4.84. The molecule has 0 bridgehead atoms. The summed E-state index contributed by atoms with van der Waals surface area (Å²) in [6.45, 7) is 0. The molecule has 28 heavy (non-hydrogen) atoms. The van der Waals surface area contributed by atoms with Crippen LogP contribution in [-0.2, 0) is 0 Å². The van der Waals surface area contributed by atoms with Gasteiger partial charge in [0, 0.05) is 18.6 Å². The van der Waals surface area contributed by atoms with Crippen molar-refractivity contribution >= 4 is 17.1 Å². The van der Waals surface area contributed by atoms with Crippen LogP contribution in [0.15, 0.2) is 84.0 Å². The van der Waals surface area contributed by atoms with E-state index < -0.39 is 4.92 Å². The van der Waals surface area contributed by atoms with Crippen LogP contribution in [0.4, 0.5) is 11.4 Å². The Hall–Kier alpha value is -3.67. The van der Waals surface area contributed by atoms with Crippen molar-refractivity contribution in [2.24, 2.45) is 5.10 Å². The first-order valence-corrected chi connectivity index (χ1v) is 8.96. The first-order chi connectivity index (χ1) is 13.7. The number of nitrogens with zero attached hydrogens (tertiary/aromatic N) is 3. The van der Waals surface area contributed by atoms with Crippen LogP contribution in [0.1, 0.15) is 23.6 Å². The first-order valence-electron chi connectivity index (χ1n) is 8.96. The number of benzene rings is 3. The van der Waals surface area contributed by atoms with Gasteiger partial charge in [-0.2, -0.15) is 5.10 Å². The van der Waals surface area contributed by atoms with E-state index in [4.69, 9.17) is 9.84 Å². The standard InChI is InChI=1S/C22H19N3O3/c1-28-20-13-7-16(8-14-20)21-15-22(17-5-3-2-4-6-17)24(23-21)18-9-11-19(12-10-18)25(26)27/h2-14,22H,15H2,1H3/t22-/m0/s1. The van der Waals surface area contributed by atoms with Gasteiger partial charge in [0.2, 0.25) is 0 Å². The van der Waals surface area contributed by atoms with Crippen molar-refractivity contribution in [2.45, 2.75) is 12.5 Å². The summed E-state index contributed by atoms with van der Waals surface area (Å²) in [6.07, 6.45) is 0.743. The lowest BCUT2D eigenvalue weighted by molar-refractivity contribution is -0.384. The van der Waals surface area contributed by atoms with Crippen molar-refractivity contribution in [1.29, 1.82) is 0 Å². The number of non-ortho nitro benzene ring substituents is 1. The molecule has 4 rings (SSSR count). The molecular formula is C22H19N3O3. The smallest absolute Gasteiger partial charge is 0.269 e. The maximum Gasteiger partial charge on any atom is 0.269 e. The van der Waals surface area contributed by atoms with Crippen molar-refractivity contribution in [3.63, 3.8) is 0 Å². The monoisotopic (exact) mass is 373 g/mol. The number of hydrogen-bond donors (Lipinski definition) is 0. The second-order valence-electron chi connectivity index (χ2n) is 6.52. The highest BCUT2D eigenvalue weighted by molar-refractivity contribution is 6.03. The molecule has 0 unspecified atom stereocenters. The predicted octanol–water partition coefficient (Wildman–Crippen LogP) is 4.96. The lowest BCUT2D eigenvalue weighted by atomic mass is 9.98. The molecule has 0 radical (unpaired) electrons. The first kappa shape index (κ1) is 17.7. The molecule has 6 heteroatoms. The van der Waals surface area contributed by atoms with E-state index in [1.165, 1.54) is 12.1 Å². The van der Waals surface area contributed by atoms with E-state index >= 15 is 0 Å². The maximum absolute atomic E-state index is 11.0. The van der Waals surface area contributed by atoms with E-state index in [0.717, 1.165) is 34.7 Å². The lowest BCUT2D eigenvalue weighted by Gasteiger charge is -2.23. The molecule has 0 saturated heterocycles. The fourth-order valence-electron chi connectivity index (χ4n) is 3.37. The van der Waals surface area contributed by atoms with Crippen LogP contribution in [-0.4, -0.2) is 17.7 Å². The summed E-state index contributed by atoms with van der Waals surface area (Å²) in [6, 6.07) is 24.5. The largest absolute Gasteiger partial charge is 0.497 e. The highest BCUT2D eigenvalue weighted by atomic mass is 16.6. The summed E-state index contributed by atoms with van der Waals surface area (Å²) in [5, 5.41) is 17.8. The van der Waals surface area contributed by atoms with Crippen molar-refractivity contribution in [2.75, 3.05) is 12.1 Å². The van der Waals surface area contributed by atoms with Crippen molar-refractivity contribution in [3.8, 4) is 5.75 Å². The average molecular weight is 373 g/mol. The zero-order valence-electron chi connectivity index (χ0n) is 15.4. The van der Waals surface area contributed by atoms with Crippen LogP contribution in [0.3, 0.4) is 0 Å². The van der Waals surface area contributed by atoms with Gasteiger partial charge in [-0.1, -0.05) is 30.3 Å². The fourth-order valence-corrected chi connectivity index (χ4v) is 3.37. The van der Waals surface area contributed by atoms with E-state index in [-0.39, 0.29) is 11.7 Å². The molecule has 1 heterocycles. The third-order valence-corrected chi connectivity index (χ3v) is 4.84. The highest BCUT2D eigenvalue weighted by Crippen LogP contribution is 2.37. The number of rotatable bonds is 5. The van der Waals surface area contributed by atoms with Crippen LogP contribution >= 0.6 is 0 Å². The van der Waals surface area contributed by atoms with E-state index in [2.05, 4.69) is 12.1 Å². The fraction of sp³-hybridized carbons (Fsp3) is 0.136. The van der Waals surface area contributed by atoms with Crippen LogP contribution in [0.5, 0.6) is 5.75 Å². The number of nitro groups is 1. The molecule has 0 saturated carbocycles. The Kier molecular flexibility index (Phi) is 4.76. The maximum atomic E-state index is 11.0. The Morgan fingerprint density at radius 3 is 2.29 bits per heavy atom. The molecule has 0 aliphatic carbocycles. The van der Waals surface area contributed by atoms with E-state index in [1.807, 2.05) is 47.5 Å². The quantitative estimate of drug-likeness (QED) is 0.468. The molecule has 6 nitrogen and oxygen atoms in total. The van der Waals surface area contributed by atoms with E-state index in [1.54, 1.807) is 19.2 Å².